The van der Waals surface area contributed by atoms with Gasteiger partial charge in [-0.2, -0.15) is 0 Å². The summed E-state index contributed by atoms with van der Waals surface area (Å²) in [6.07, 6.45) is 3.99. The fourth-order valence-electron chi connectivity index (χ4n) is 3.34. The first-order chi connectivity index (χ1) is 7.18. The van der Waals surface area contributed by atoms with Crippen LogP contribution in [-0.2, 0) is 19.3 Å². The Morgan fingerprint density at radius 2 is 1.27 bits per heavy atom. The molecule has 4 nitrogen and oxygen atoms in total. The summed E-state index contributed by atoms with van der Waals surface area (Å²) in [6, 6.07) is 0. The normalized spacial score (nSPS) is 56.3. The Labute approximate surface area is 88.9 Å². The molecule has 84 valence electrons. The molecular weight excluding hydrogens is 216 g/mol. The van der Waals surface area contributed by atoms with Gasteiger partial charge < -0.3 is 9.47 Å². The Kier molecular flexibility index (Phi) is 1.54. The van der Waals surface area contributed by atoms with Gasteiger partial charge in [-0.1, -0.05) is 0 Å². The maximum Gasteiger partial charge on any atom is 0.161 e. The average Bonchev–Trinajstić information content (AvgIpc) is 3.07. The van der Waals surface area contributed by atoms with Crippen molar-refractivity contribution in [2.75, 3.05) is 0 Å². The first kappa shape index (κ1) is 8.96. The monoisotopic (exact) mass is 230 g/mol. The first-order valence-corrected chi connectivity index (χ1v) is 7.32. The minimum Gasteiger partial charge on any atom is -0.368 e. The van der Waals surface area contributed by atoms with Crippen LogP contribution in [0.15, 0.2) is 0 Å². The van der Waals surface area contributed by atoms with Crippen LogP contribution in [0.25, 0.3) is 0 Å². The molecule has 0 amide bonds. The predicted molar refractivity (Wildman–Crippen MR) is 52.3 cm³/mol. The molecule has 0 N–H and O–H groups in total. The van der Waals surface area contributed by atoms with Gasteiger partial charge in [0, 0.05) is 0 Å². The van der Waals surface area contributed by atoms with E-state index >= 15 is 0 Å². The molecule has 0 radical (unpaired) electrons. The van der Waals surface area contributed by atoms with Crippen molar-refractivity contribution in [2.24, 2.45) is 0 Å². The number of rotatable bonds is 2. The third kappa shape index (κ3) is 1.11. The molecule has 2 heterocycles. The van der Waals surface area contributed by atoms with Gasteiger partial charge in [0.05, 0.1) is 22.7 Å². The summed E-state index contributed by atoms with van der Waals surface area (Å²) in [5, 5.41) is -0.453. The molecule has 0 aromatic carbocycles. The van der Waals surface area contributed by atoms with Crippen molar-refractivity contribution in [3.63, 3.8) is 0 Å². The van der Waals surface area contributed by atoms with Crippen LogP contribution in [0.3, 0.4) is 0 Å². The smallest absolute Gasteiger partial charge is 0.161 e. The van der Waals surface area contributed by atoms with Crippen LogP contribution in [0.2, 0.25) is 0 Å². The van der Waals surface area contributed by atoms with Crippen LogP contribution in [0.1, 0.15) is 25.7 Å². The van der Waals surface area contributed by atoms with Gasteiger partial charge in [-0.3, -0.25) is 0 Å². The lowest BCUT2D eigenvalue weighted by Crippen LogP contribution is -2.36. The van der Waals surface area contributed by atoms with Crippen molar-refractivity contribution in [2.45, 2.75) is 60.6 Å². The summed E-state index contributed by atoms with van der Waals surface area (Å²) >= 11 is 0. The minimum absolute atomic E-state index is 0.0211. The Hall–Kier alpha value is -0.130. The van der Waals surface area contributed by atoms with Crippen molar-refractivity contribution >= 4 is 9.84 Å². The summed E-state index contributed by atoms with van der Waals surface area (Å²) in [5.74, 6) is 0. The Morgan fingerprint density at radius 1 is 0.800 bits per heavy atom. The number of fused-ring (bicyclic) bond motifs is 2. The Morgan fingerprint density at radius 3 is 1.53 bits per heavy atom. The summed E-state index contributed by atoms with van der Waals surface area (Å²) < 4.78 is 35.4. The highest BCUT2D eigenvalue weighted by Crippen LogP contribution is 2.48. The fourth-order valence-corrected chi connectivity index (χ4v) is 5.95. The highest BCUT2D eigenvalue weighted by atomic mass is 32.2. The maximum absolute atomic E-state index is 12.3. The molecule has 0 spiro atoms. The molecule has 15 heavy (non-hydrogen) atoms. The van der Waals surface area contributed by atoms with Gasteiger partial charge in [0.25, 0.3) is 0 Å². The molecule has 2 aliphatic carbocycles. The standard InChI is InChI=1S/C10H14O4S/c11-15(12,7-3-1-5-9(7)13-5)8-4-2-6-10(8)14-6/h5-10H,1-4H2. The van der Waals surface area contributed by atoms with Gasteiger partial charge in [0.2, 0.25) is 0 Å². The van der Waals surface area contributed by atoms with Crippen LogP contribution in [0, 0.1) is 0 Å². The molecule has 5 heteroatoms. The Balaban J connectivity index is 1.63. The summed E-state index contributed by atoms with van der Waals surface area (Å²) in [6.45, 7) is 0. The fraction of sp³-hybridized carbons (Fsp3) is 1.00. The van der Waals surface area contributed by atoms with E-state index in [1.54, 1.807) is 0 Å². The number of epoxide rings is 2. The van der Waals surface area contributed by atoms with Gasteiger partial charge in [-0.25, -0.2) is 8.42 Å². The van der Waals surface area contributed by atoms with E-state index in [9.17, 15) is 8.42 Å². The van der Waals surface area contributed by atoms with Crippen LogP contribution < -0.4 is 0 Å². The molecule has 0 bridgehead atoms. The average molecular weight is 230 g/mol. The second kappa shape index (κ2) is 2.57. The topological polar surface area (TPSA) is 59.2 Å². The number of hydrogen-bond donors (Lipinski definition) is 0. The van der Waals surface area contributed by atoms with Crippen LogP contribution in [-0.4, -0.2) is 43.3 Å². The van der Waals surface area contributed by atoms with Crippen LogP contribution >= 0.6 is 0 Å². The minimum atomic E-state index is -3.00. The van der Waals surface area contributed by atoms with E-state index in [-0.39, 0.29) is 34.9 Å². The SMILES string of the molecule is O=S(=O)(C1CCC2OC21)C1CCC2OC21. The highest BCUT2D eigenvalue weighted by molar-refractivity contribution is 7.92. The van der Waals surface area contributed by atoms with Gasteiger partial charge >= 0.3 is 0 Å². The second-order valence-electron chi connectivity index (χ2n) is 5.10. The van der Waals surface area contributed by atoms with Gasteiger partial charge in [0.1, 0.15) is 12.2 Å². The molecule has 2 aliphatic heterocycles. The van der Waals surface area contributed by atoms with Crippen molar-refractivity contribution in [1.82, 2.24) is 0 Å². The lowest BCUT2D eigenvalue weighted by atomic mass is 10.3. The number of sulfone groups is 1. The number of hydrogen-bond acceptors (Lipinski definition) is 4. The predicted octanol–water partition coefficient (Wildman–Crippen LogP) is 0.261. The quantitative estimate of drug-likeness (QED) is 0.638. The third-order valence-corrected chi connectivity index (χ3v) is 6.99. The van der Waals surface area contributed by atoms with E-state index in [1.807, 2.05) is 0 Å². The van der Waals surface area contributed by atoms with E-state index in [4.69, 9.17) is 9.47 Å². The van der Waals surface area contributed by atoms with E-state index in [2.05, 4.69) is 0 Å². The molecule has 0 aromatic rings. The molecule has 6 atom stereocenters. The van der Waals surface area contributed by atoms with Gasteiger partial charge in [-0.15, -0.1) is 0 Å². The molecule has 6 unspecified atom stereocenters. The molecular formula is C10H14O4S. The zero-order valence-electron chi connectivity index (χ0n) is 8.33. The van der Waals surface area contributed by atoms with Crippen molar-refractivity contribution < 1.29 is 17.9 Å². The van der Waals surface area contributed by atoms with E-state index in [0.717, 1.165) is 25.7 Å². The third-order valence-electron chi connectivity index (χ3n) is 4.29. The summed E-state index contributed by atoms with van der Waals surface area (Å²) in [7, 11) is -3.00. The van der Waals surface area contributed by atoms with Crippen LogP contribution in [0.4, 0.5) is 0 Å². The van der Waals surface area contributed by atoms with E-state index < -0.39 is 9.84 Å². The lowest BCUT2D eigenvalue weighted by molar-refractivity contribution is 0.310. The maximum atomic E-state index is 12.3. The molecule has 4 fully saturated rings. The van der Waals surface area contributed by atoms with Crippen molar-refractivity contribution in [3.8, 4) is 0 Å². The number of ether oxygens (including phenoxy) is 2. The van der Waals surface area contributed by atoms with Crippen molar-refractivity contribution in [1.29, 1.82) is 0 Å². The summed E-state index contributed by atoms with van der Waals surface area (Å²) in [5.41, 5.74) is 0. The molecule has 4 rings (SSSR count). The van der Waals surface area contributed by atoms with E-state index in [1.165, 1.54) is 0 Å². The molecule has 0 aromatic heterocycles. The molecule has 2 saturated heterocycles. The highest BCUT2D eigenvalue weighted by Gasteiger charge is 2.62. The molecule has 4 aliphatic rings. The molecule has 2 saturated carbocycles. The van der Waals surface area contributed by atoms with Crippen molar-refractivity contribution in [3.05, 3.63) is 0 Å². The summed E-state index contributed by atoms with van der Waals surface area (Å²) in [4.78, 5) is 0. The largest absolute Gasteiger partial charge is 0.368 e. The Bertz CT molecular complexity index is 372. The lowest BCUT2D eigenvalue weighted by Gasteiger charge is -2.18. The van der Waals surface area contributed by atoms with Gasteiger partial charge in [-0.05, 0) is 25.7 Å². The first-order valence-electron chi connectivity index (χ1n) is 5.71. The van der Waals surface area contributed by atoms with Crippen LogP contribution in [0.5, 0.6) is 0 Å². The van der Waals surface area contributed by atoms with E-state index in [0.29, 0.717) is 0 Å². The second-order valence-corrected chi connectivity index (χ2v) is 7.49. The van der Waals surface area contributed by atoms with Gasteiger partial charge in [0.15, 0.2) is 9.84 Å². The zero-order chi connectivity index (χ0) is 10.2. The zero-order valence-corrected chi connectivity index (χ0v) is 9.15.